The molecule has 0 amide bonds. The molecule has 2 aromatic rings. The molecule has 0 fully saturated rings. The third-order valence-corrected chi connectivity index (χ3v) is 2.83. The molecule has 0 aliphatic heterocycles. The maximum atomic E-state index is 5.69. The molecule has 1 aromatic heterocycles. The van der Waals surface area contributed by atoms with E-state index in [0.717, 1.165) is 30.5 Å². The maximum Gasteiger partial charge on any atom is 0.181 e. The molecule has 0 aliphatic rings. The minimum absolute atomic E-state index is 0.561. The summed E-state index contributed by atoms with van der Waals surface area (Å²) in [6.45, 7) is 2.91. The molecule has 1 unspecified atom stereocenters. The summed E-state index contributed by atoms with van der Waals surface area (Å²) in [6, 6.07) is 6.15. The highest BCUT2D eigenvalue weighted by Crippen LogP contribution is 2.17. The molecule has 3 nitrogen and oxygen atoms in total. The highest BCUT2D eigenvalue weighted by atomic mass is 16.3. The fourth-order valence-electron chi connectivity index (χ4n) is 1.75. The average Bonchev–Trinajstić information content (AvgIpc) is 2.73. The van der Waals surface area contributed by atoms with Crippen molar-refractivity contribution in [3.05, 3.63) is 30.2 Å². The zero-order valence-electron chi connectivity index (χ0n) is 8.94. The molecule has 0 spiro atoms. The van der Waals surface area contributed by atoms with Gasteiger partial charge in [0, 0.05) is 0 Å². The highest BCUT2D eigenvalue weighted by molar-refractivity contribution is 5.72. The molecule has 2 N–H and O–H groups in total. The van der Waals surface area contributed by atoms with Crippen molar-refractivity contribution < 1.29 is 4.42 Å². The molecule has 0 saturated carbocycles. The standard InChI is InChI=1S/C12H16N2O/c1-2-9(7-13)5-10-3-4-11-12(6-10)15-8-14-11/h3-4,6,8-9H,2,5,7,13H2,1H3. The molecule has 1 atom stereocenters. The zero-order chi connectivity index (χ0) is 10.7. The molecule has 1 heterocycles. The summed E-state index contributed by atoms with van der Waals surface area (Å²) in [5, 5.41) is 0. The highest BCUT2D eigenvalue weighted by Gasteiger charge is 2.06. The fraction of sp³-hybridized carbons (Fsp3) is 0.417. The lowest BCUT2D eigenvalue weighted by molar-refractivity contribution is 0.518. The first kappa shape index (κ1) is 10.2. The van der Waals surface area contributed by atoms with E-state index in [9.17, 15) is 0 Å². The van der Waals surface area contributed by atoms with E-state index in [1.807, 2.05) is 6.07 Å². The average molecular weight is 204 g/mol. The van der Waals surface area contributed by atoms with Gasteiger partial charge in [0.15, 0.2) is 12.0 Å². The number of aromatic nitrogens is 1. The SMILES string of the molecule is CCC(CN)Cc1ccc2ncoc2c1. The molecule has 0 aliphatic carbocycles. The number of rotatable bonds is 4. The number of fused-ring (bicyclic) bond motifs is 1. The van der Waals surface area contributed by atoms with Crippen molar-refractivity contribution in [2.24, 2.45) is 11.7 Å². The second-order valence-electron chi connectivity index (χ2n) is 3.87. The van der Waals surface area contributed by atoms with E-state index in [4.69, 9.17) is 10.2 Å². The van der Waals surface area contributed by atoms with Crippen LogP contribution in [0.2, 0.25) is 0 Å². The summed E-state index contributed by atoms with van der Waals surface area (Å²) < 4.78 is 5.27. The molecule has 15 heavy (non-hydrogen) atoms. The molecule has 2 rings (SSSR count). The van der Waals surface area contributed by atoms with Gasteiger partial charge in [0.05, 0.1) is 0 Å². The number of oxazole rings is 1. The van der Waals surface area contributed by atoms with Crippen LogP contribution in [0.25, 0.3) is 11.1 Å². The van der Waals surface area contributed by atoms with Gasteiger partial charge >= 0.3 is 0 Å². The number of hydrogen-bond acceptors (Lipinski definition) is 3. The predicted molar refractivity (Wildman–Crippen MR) is 60.5 cm³/mol. The lowest BCUT2D eigenvalue weighted by Gasteiger charge is -2.11. The van der Waals surface area contributed by atoms with Crippen LogP contribution in [0.4, 0.5) is 0 Å². The van der Waals surface area contributed by atoms with Crippen LogP contribution in [0.1, 0.15) is 18.9 Å². The van der Waals surface area contributed by atoms with E-state index >= 15 is 0 Å². The number of hydrogen-bond donors (Lipinski definition) is 1. The van der Waals surface area contributed by atoms with Crippen LogP contribution in [-0.2, 0) is 6.42 Å². The minimum Gasteiger partial charge on any atom is -0.443 e. The first-order valence-electron chi connectivity index (χ1n) is 5.35. The third-order valence-electron chi connectivity index (χ3n) is 2.83. The van der Waals surface area contributed by atoms with Crippen molar-refractivity contribution in [1.82, 2.24) is 4.98 Å². The van der Waals surface area contributed by atoms with Crippen molar-refractivity contribution in [1.29, 1.82) is 0 Å². The van der Waals surface area contributed by atoms with Gasteiger partial charge in [0.1, 0.15) is 5.52 Å². The zero-order valence-corrected chi connectivity index (χ0v) is 8.94. The van der Waals surface area contributed by atoms with Gasteiger partial charge in [0.25, 0.3) is 0 Å². The monoisotopic (exact) mass is 204 g/mol. The largest absolute Gasteiger partial charge is 0.443 e. The first-order chi connectivity index (χ1) is 7.33. The molecule has 1 aromatic carbocycles. The molecular formula is C12H16N2O. The van der Waals surface area contributed by atoms with Crippen LogP contribution in [0.5, 0.6) is 0 Å². The molecule has 0 bridgehead atoms. The molecule has 80 valence electrons. The summed E-state index contributed by atoms with van der Waals surface area (Å²) >= 11 is 0. The Kier molecular flexibility index (Phi) is 3.02. The van der Waals surface area contributed by atoms with E-state index in [1.165, 1.54) is 12.0 Å². The number of nitrogens with two attached hydrogens (primary N) is 1. The summed E-state index contributed by atoms with van der Waals surface area (Å²) in [5.41, 5.74) is 8.74. The quantitative estimate of drug-likeness (QED) is 0.831. The Morgan fingerprint density at radius 2 is 2.33 bits per heavy atom. The molecule has 3 heteroatoms. The predicted octanol–water partition coefficient (Wildman–Crippen LogP) is 2.36. The van der Waals surface area contributed by atoms with Crippen LogP contribution in [0, 0.1) is 5.92 Å². The summed E-state index contributed by atoms with van der Waals surface area (Å²) in [5.74, 6) is 0.561. The van der Waals surface area contributed by atoms with Gasteiger partial charge in [-0.2, -0.15) is 0 Å². The smallest absolute Gasteiger partial charge is 0.181 e. The van der Waals surface area contributed by atoms with Gasteiger partial charge in [-0.1, -0.05) is 19.4 Å². The van der Waals surface area contributed by atoms with Gasteiger partial charge in [-0.15, -0.1) is 0 Å². The minimum atomic E-state index is 0.561. The Labute approximate surface area is 89.3 Å². The second-order valence-corrected chi connectivity index (χ2v) is 3.87. The Balaban J connectivity index is 2.20. The Morgan fingerprint density at radius 3 is 3.07 bits per heavy atom. The normalized spacial score (nSPS) is 13.2. The number of benzene rings is 1. The van der Waals surface area contributed by atoms with Crippen LogP contribution in [-0.4, -0.2) is 11.5 Å². The summed E-state index contributed by atoms with van der Waals surface area (Å²) in [6.07, 6.45) is 3.61. The van der Waals surface area contributed by atoms with E-state index in [-0.39, 0.29) is 0 Å². The van der Waals surface area contributed by atoms with Gasteiger partial charge in [-0.05, 0) is 36.6 Å². The van der Waals surface area contributed by atoms with E-state index in [0.29, 0.717) is 5.92 Å². The van der Waals surface area contributed by atoms with Gasteiger partial charge in [-0.25, -0.2) is 4.98 Å². The van der Waals surface area contributed by atoms with Crippen LogP contribution in [0.15, 0.2) is 29.0 Å². The second kappa shape index (κ2) is 4.45. The lowest BCUT2D eigenvalue weighted by atomic mass is 9.97. The first-order valence-corrected chi connectivity index (χ1v) is 5.35. The van der Waals surface area contributed by atoms with Gasteiger partial charge in [-0.3, -0.25) is 0 Å². The van der Waals surface area contributed by atoms with Crippen molar-refractivity contribution in [3.8, 4) is 0 Å². The Morgan fingerprint density at radius 1 is 1.47 bits per heavy atom. The molecular weight excluding hydrogens is 188 g/mol. The summed E-state index contributed by atoms with van der Waals surface area (Å²) in [7, 11) is 0. The van der Waals surface area contributed by atoms with Crippen molar-refractivity contribution in [2.75, 3.05) is 6.54 Å². The van der Waals surface area contributed by atoms with Crippen LogP contribution in [0.3, 0.4) is 0 Å². The van der Waals surface area contributed by atoms with Gasteiger partial charge < -0.3 is 10.2 Å². The topological polar surface area (TPSA) is 52.0 Å². The Hall–Kier alpha value is -1.35. The molecule has 0 radical (unpaired) electrons. The lowest BCUT2D eigenvalue weighted by Crippen LogP contribution is -2.15. The molecule has 0 saturated heterocycles. The van der Waals surface area contributed by atoms with Crippen molar-refractivity contribution in [2.45, 2.75) is 19.8 Å². The van der Waals surface area contributed by atoms with Crippen molar-refractivity contribution >= 4 is 11.1 Å². The summed E-state index contributed by atoms with van der Waals surface area (Å²) in [4.78, 5) is 4.09. The van der Waals surface area contributed by atoms with E-state index in [1.54, 1.807) is 0 Å². The van der Waals surface area contributed by atoms with E-state index in [2.05, 4.69) is 24.0 Å². The number of nitrogens with zero attached hydrogens (tertiary/aromatic N) is 1. The van der Waals surface area contributed by atoms with Crippen LogP contribution < -0.4 is 5.73 Å². The van der Waals surface area contributed by atoms with Gasteiger partial charge in [0.2, 0.25) is 0 Å². The third kappa shape index (κ3) is 2.18. The maximum absolute atomic E-state index is 5.69. The van der Waals surface area contributed by atoms with Crippen LogP contribution >= 0.6 is 0 Å². The fourth-order valence-corrected chi connectivity index (χ4v) is 1.75. The Bertz CT molecular complexity index is 432. The van der Waals surface area contributed by atoms with Crippen molar-refractivity contribution in [3.63, 3.8) is 0 Å². The van der Waals surface area contributed by atoms with E-state index < -0.39 is 0 Å².